The molecule has 0 aromatic rings. The van der Waals surface area contributed by atoms with Gasteiger partial charge in [-0.3, -0.25) is 14.4 Å². The van der Waals surface area contributed by atoms with Crippen LogP contribution in [0.3, 0.4) is 0 Å². The second-order valence-corrected chi connectivity index (χ2v) is 16.7. The molecule has 1 unspecified atom stereocenters. The highest BCUT2D eigenvalue weighted by Gasteiger charge is 2.19. The number of carbonyl (C=O) groups excluding carboxylic acids is 3. The van der Waals surface area contributed by atoms with Gasteiger partial charge in [0.15, 0.2) is 6.10 Å². The zero-order chi connectivity index (χ0) is 45.8. The van der Waals surface area contributed by atoms with Gasteiger partial charge in [-0.25, -0.2) is 0 Å². The normalized spacial score (nSPS) is 12.9. The topological polar surface area (TPSA) is 78.9 Å². The third-order valence-electron chi connectivity index (χ3n) is 10.6. The number of rotatable bonds is 45. The van der Waals surface area contributed by atoms with Crippen molar-refractivity contribution in [2.24, 2.45) is 0 Å². The average molecular weight is 875 g/mol. The minimum atomic E-state index is -0.803. The Hall–Kier alpha value is -3.67. The fraction of sp³-hybridized carbons (Fsp3) is 0.667. The third kappa shape index (κ3) is 49.2. The van der Waals surface area contributed by atoms with Gasteiger partial charge in [0.05, 0.1) is 0 Å². The molecule has 0 aliphatic carbocycles. The standard InChI is InChI=1S/C57H94O6/c1-4-7-10-13-16-19-22-25-28-30-32-35-38-41-44-47-50-56(59)62-53-54(52-61-55(58)49-46-43-40-37-34-31-27-24-21-18-15-12-9-6-3)63-57(60)51-48-45-42-39-36-33-29-26-23-20-17-14-11-8-5-2/h7-8,10-11,14,16-17,19-20,23,25,28,31-32,34-35,54H,4-6,9,12-13,15,18,21-22,24,26-27,29-30,33,36-53H2,1-3H3/b10-7-,11-8-,17-14-,19-16-,23-20-,28-25-,34-31-,35-32-. The SMILES string of the molecule is CC\C=C/C=C\C=C/CCCCCCCCCC(=O)OC(COC(=O)CCCCC/C=C\C/C=C\C/C=C\C/C=C\CC)COC(=O)CCCCC/C=C\CCCCCCCCC. The van der Waals surface area contributed by atoms with Crippen LogP contribution in [0.1, 0.15) is 226 Å². The molecule has 0 aromatic carbocycles. The summed E-state index contributed by atoms with van der Waals surface area (Å²) < 4.78 is 16.8. The van der Waals surface area contributed by atoms with Crippen LogP contribution < -0.4 is 0 Å². The van der Waals surface area contributed by atoms with Crippen LogP contribution in [0, 0.1) is 0 Å². The Kier molecular flexibility index (Phi) is 48.0. The number of unbranched alkanes of at least 4 members (excludes halogenated alkanes) is 20. The number of hydrogen-bond donors (Lipinski definition) is 0. The van der Waals surface area contributed by atoms with Gasteiger partial charge in [0.25, 0.3) is 0 Å². The number of hydrogen-bond acceptors (Lipinski definition) is 6. The van der Waals surface area contributed by atoms with E-state index < -0.39 is 6.10 Å². The summed E-state index contributed by atoms with van der Waals surface area (Å²) in [6.07, 6.45) is 66.7. The summed E-state index contributed by atoms with van der Waals surface area (Å²) in [6, 6.07) is 0. The molecular formula is C57H94O6. The number of ether oxygens (including phenoxy) is 3. The lowest BCUT2D eigenvalue weighted by molar-refractivity contribution is -0.167. The Bertz CT molecular complexity index is 1280. The van der Waals surface area contributed by atoms with Crippen LogP contribution in [0.2, 0.25) is 0 Å². The van der Waals surface area contributed by atoms with Crippen molar-refractivity contribution in [1.29, 1.82) is 0 Å². The Morgan fingerprint density at radius 2 is 0.698 bits per heavy atom. The molecule has 0 aliphatic heterocycles. The van der Waals surface area contributed by atoms with E-state index in [1.165, 1.54) is 64.2 Å². The molecule has 0 heterocycles. The summed E-state index contributed by atoms with van der Waals surface area (Å²) in [7, 11) is 0. The quantitative estimate of drug-likeness (QED) is 0.0199. The Morgan fingerprint density at radius 3 is 1.17 bits per heavy atom. The Morgan fingerprint density at radius 1 is 0.349 bits per heavy atom. The molecule has 1 atom stereocenters. The van der Waals surface area contributed by atoms with Crippen LogP contribution in [-0.4, -0.2) is 37.2 Å². The molecule has 358 valence electrons. The van der Waals surface area contributed by atoms with Crippen LogP contribution in [0.25, 0.3) is 0 Å². The molecular weight excluding hydrogens is 781 g/mol. The smallest absolute Gasteiger partial charge is 0.306 e. The van der Waals surface area contributed by atoms with Crippen molar-refractivity contribution in [3.05, 3.63) is 97.2 Å². The van der Waals surface area contributed by atoms with Gasteiger partial charge in [0, 0.05) is 19.3 Å². The first-order valence-electron chi connectivity index (χ1n) is 25.8. The van der Waals surface area contributed by atoms with Gasteiger partial charge in [-0.2, -0.15) is 0 Å². The predicted octanol–water partition coefficient (Wildman–Crippen LogP) is 17.0. The van der Waals surface area contributed by atoms with Crippen LogP contribution in [0.5, 0.6) is 0 Å². The second kappa shape index (κ2) is 51.0. The van der Waals surface area contributed by atoms with Gasteiger partial charge in [-0.15, -0.1) is 0 Å². The van der Waals surface area contributed by atoms with Crippen molar-refractivity contribution in [3.8, 4) is 0 Å². The van der Waals surface area contributed by atoms with E-state index in [4.69, 9.17) is 14.2 Å². The van der Waals surface area contributed by atoms with Crippen LogP contribution in [-0.2, 0) is 28.6 Å². The van der Waals surface area contributed by atoms with Crippen molar-refractivity contribution >= 4 is 17.9 Å². The first kappa shape index (κ1) is 59.3. The first-order valence-corrected chi connectivity index (χ1v) is 25.8. The minimum Gasteiger partial charge on any atom is -0.462 e. The molecule has 6 nitrogen and oxygen atoms in total. The van der Waals surface area contributed by atoms with Gasteiger partial charge >= 0.3 is 17.9 Å². The van der Waals surface area contributed by atoms with Crippen molar-refractivity contribution in [1.82, 2.24) is 0 Å². The molecule has 0 aromatic heterocycles. The first-order chi connectivity index (χ1) is 31.0. The van der Waals surface area contributed by atoms with Gasteiger partial charge in [-0.05, 0) is 103 Å². The Balaban J connectivity index is 4.49. The van der Waals surface area contributed by atoms with Crippen molar-refractivity contribution in [2.75, 3.05) is 13.2 Å². The zero-order valence-corrected chi connectivity index (χ0v) is 40.8. The van der Waals surface area contributed by atoms with Gasteiger partial charge in [-0.1, -0.05) is 201 Å². The maximum Gasteiger partial charge on any atom is 0.306 e. The molecule has 0 radical (unpaired) electrons. The lowest BCUT2D eigenvalue weighted by atomic mass is 10.1. The number of carbonyl (C=O) groups is 3. The fourth-order valence-electron chi connectivity index (χ4n) is 6.78. The van der Waals surface area contributed by atoms with Gasteiger partial charge in [0.2, 0.25) is 0 Å². The molecule has 0 N–H and O–H groups in total. The zero-order valence-electron chi connectivity index (χ0n) is 40.8. The van der Waals surface area contributed by atoms with E-state index in [0.29, 0.717) is 19.3 Å². The highest BCUT2D eigenvalue weighted by molar-refractivity contribution is 5.71. The minimum absolute atomic E-state index is 0.102. The van der Waals surface area contributed by atoms with E-state index in [0.717, 1.165) is 122 Å². The molecule has 0 saturated carbocycles. The van der Waals surface area contributed by atoms with E-state index >= 15 is 0 Å². The summed E-state index contributed by atoms with van der Waals surface area (Å²) in [6.45, 7) is 6.33. The van der Waals surface area contributed by atoms with Crippen LogP contribution in [0.15, 0.2) is 97.2 Å². The van der Waals surface area contributed by atoms with Gasteiger partial charge in [0.1, 0.15) is 13.2 Å². The molecule has 0 fully saturated rings. The lowest BCUT2D eigenvalue weighted by Gasteiger charge is -2.18. The third-order valence-corrected chi connectivity index (χ3v) is 10.6. The van der Waals surface area contributed by atoms with E-state index in [1.807, 2.05) is 0 Å². The van der Waals surface area contributed by atoms with E-state index in [9.17, 15) is 14.4 Å². The van der Waals surface area contributed by atoms with Crippen molar-refractivity contribution < 1.29 is 28.6 Å². The predicted molar refractivity (Wildman–Crippen MR) is 270 cm³/mol. The van der Waals surface area contributed by atoms with E-state index in [1.54, 1.807) is 0 Å². The highest BCUT2D eigenvalue weighted by Crippen LogP contribution is 2.13. The van der Waals surface area contributed by atoms with Crippen LogP contribution >= 0.6 is 0 Å². The maximum absolute atomic E-state index is 12.8. The van der Waals surface area contributed by atoms with Crippen LogP contribution in [0.4, 0.5) is 0 Å². The molecule has 0 bridgehead atoms. The van der Waals surface area contributed by atoms with Gasteiger partial charge < -0.3 is 14.2 Å². The largest absolute Gasteiger partial charge is 0.462 e. The molecule has 0 spiro atoms. The molecule has 0 aliphatic rings. The average Bonchev–Trinajstić information content (AvgIpc) is 3.28. The number of esters is 3. The fourth-order valence-corrected chi connectivity index (χ4v) is 6.78. The summed E-state index contributed by atoms with van der Waals surface area (Å²) in [4.78, 5) is 38.0. The highest BCUT2D eigenvalue weighted by atomic mass is 16.6. The maximum atomic E-state index is 12.8. The van der Waals surface area contributed by atoms with Crippen molar-refractivity contribution in [2.45, 2.75) is 232 Å². The lowest BCUT2D eigenvalue weighted by Crippen LogP contribution is -2.30. The number of allylic oxidation sites excluding steroid dienone is 16. The van der Waals surface area contributed by atoms with Crippen molar-refractivity contribution in [3.63, 3.8) is 0 Å². The molecule has 0 amide bonds. The molecule has 63 heavy (non-hydrogen) atoms. The summed E-state index contributed by atoms with van der Waals surface area (Å²) in [5.74, 6) is -0.963. The Labute approximate surface area is 387 Å². The summed E-state index contributed by atoms with van der Waals surface area (Å²) in [5.41, 5.74) is 0. The van der Waals surface area contributed by atoms with E-state index in [2.05, 4.69) is 118 Å². The summed E-state index contributed by atoms with van der Waals surface area (Å²) >= 11 is 0. The van der Waals surface area contributed by atoms with E-state index in [-0.39, 0.29) is 31.1 Å². The monoisotopic (exact) mass is 875 g/mol. The molecule has 0 rings (SSSR count). The molecule has 6 heteroatoms. The second-order valence-electron chi connectivity index (χ2n) is 16.7. The molecule has 0 saturated heterocycles. The summed E-state index contributed by atoms with van der Waals surface area (Å²) in [5, 5.41) is 0.